The van der Waals surface area contributed by atoms with Crippen molar-refractivity contribution in [3.05, 3.63) is 36.2 Å². The van der Waals surface area contributed by atoms with Gasteiger partial charge in [0.05, 0.1) is 0 Å². The van der Waals surface area contributed by atoms with E-state index in [0.717, 1.165) is 5.75 Å². The van der Waals surface area contributed by atoms with Crippen LogP contribution in [0, 0.1) is 6.42 Å². The minimum atomic E-state index is 0.301. The summed E-state index contributed by atoms with van der Waals surface area (Å²) in [6, 6.07) is 7.86. The van der Waals surface area contributed by atoms with Gasteiger partial charge in [0.2, 0.25) is 0 Å². The van der Waals surface area contributed by atoms with Gasteiger partial charge >= 0.3 is 0 Å². The van der Waals surface area contributed by atoms with Gasteiger partial charge in [-0.3, -0.25) is 0 Å². The van der Waals surface area contributed by atoms with Crippen molar-refractivity contribution in [2.75, 3.05) is 13.9 Å². The Labute approximate surface area is 73.1 Å². The molecule has 0 spiro atoms. The fourth-order valence-corrected chi connectivity index (χ4v) is 0.883. The zero-order valence-electron chi connectivity index (χ0n) is 7.41. The first-order valence-electron chi connectivity index (χ1n) is 3.88. The summed E-state index contributed by atoms with van der Waals surface area (Å²) in [4.78, 5) is 0. The molecule has 0 atom stereocenters. The van der Waals surface area contributed by atoms with Crippen molar-refractivity contribution < 1.29 is 9.47 Å². The van der Waals surface area contributed by atoms with Gasteiger partial charge in [0.15, 0.2) is 6.79 Å². The van der Waals surface area contributed by atoms with Crippen LogP contribution in [0.25, 0.3) is 0 Å². The molecule has 0 aliphatic rings. The first-order valence-corrected chi connectivity index (χ1v) is 3.88. The van der Waals surface area contributed by atoms with Gasteiger partial charge < -0.3 is 9.47 Å². The molecular formula is C10H13O2. The average Bonchev–Trinajstić information content (AvgIpc) is 2.15. The molecule has 1 rings (SSSR count). The van der Waals surface area contributed by atoms with Crippen molar-refractivity contribution in [1.82, 2.24) is 0 Å². The third-order valence-corrected chi connectivity index (χ3v) is 1.56. The molecule has 0 saturated heterocycles. The normalized spacial score (nSPS) is 9.83. The molecule has 0 aromatic heterocycles. The van der Waals surface area contributed by atoms with Crippen LogP contribution in [0.3, 0.4) is 0 Å². The topological polar surface area (TPSA) is 18.5 Å². The molecule has 1 aromatic rings. The molecular weight excluding hydrogens is 152 g/mol. The molecule has 0 heterocycles. The summed E-state index contributed by atoms with van der Waals surface area (Å²) in [6.07, 6.45) is 2.04. The van der Waals surface area contributed by atoms with Crippen molar-refractivity contribution in [2.45, 2.75) is 6.92 Å². The Balaban J connectivity index is 2.53. The van der Waals surface area contributed by atoms with E-state index in [4.69, 9.17) is 9.47 Å². The Kier molecular flexibility index (Phi) is 3.61. The van der Waals surface area contributed by atoms with E-state index in [1.54, 1.807) is 7.11 Å². The van der Waals surface area contributed by atoms with E-state index in [9.17, 15) is 0 Å². The summed E-state index contributed by atoms with van der Waals surface area (Å²) in [7, 11) is 1.61. The smallest absolute Gasteiger partial charge is 0.188 e. The van der Waals surface area contributed by atoms with Crippen molar-refractivity contribution >= 4 is 0 Å². The monoisotopic (exact) mass is 165 g/mol. The maximum absolute atomic E-state index is 5.22. The van der Waals surface area contributed by atoms with E-state index in [1.165, 1.54) is 5.56 Å². The van der Waals surface area contributed by atoms with Crippen LogP contribution in [0.15, 0.2) is 24.3 Å². The van der Waals surface area contributed by atoms with Crippen LogP contribution >= 0.6 is 0 Å². The molecule has 1 aromatic carbocycles. The molecule has 2 nitrogen and oxygen atoms in total. The molecule has 0 bridgehead atoms. The highest BCUT2D eigenvalue weighted by Crippen LogP contribution is 2.12. The van der Waals surface area contributed by atoms with E-state index in [1.807, 2.05) is 37.6 Å². The third-order valence-electron chi connectivity index (χ3n) is 1.56. The van der Waals surface area contributed by atoms with Crippen LogP contribution in [-0.2, 0) is 4.74 Å². The summed E-state index contributed by atoms with van der Waals surface area (Å²) in [5, 5.41) is 0. The van der Waals surface area contributed by atoms with Crippen molar-refractivity contribution in [3.63, 3.8) is 0 Å². The van der Waals surface area contributed by atoms with Crippen LogP contribution in [0.5, 0.6) is 5.75 Å². The molecule has 2 heteroatoms. The number of ether oxygens (including phenoxy) is 2. The molecule has 1 radical (unpaired) electrons. The van der Waals surface area contributed by atoms with Gasteiger partial charge in [-0.1, -0.05) is 19.1 Å². The van der Waals surface area contributed by atoms with Gasteiger partial charge in [-0.15, -0.1) is 0 Å². The van der Waals surface area contributed by atoms with Gasteiger partial charge in [0.25, 0.3) is 0 Å². The zero-order valence-corrected chi connectivity index (χ0v) is 7.41. The SMILES string of the molecule is C[CH]c1ccc(OCOC)cc1. The number of hydrogen-bond donors (Lipinski definition) is 0. The number of methoxy groups -OCH3 is 1. The maximum atomic E-state index is 5.22. The van der Waals surface area contributed by atoms with Crippen LogP contribution in [0.1, 0.15) is 12.5 Å². The zero-order chi connectivity index (χ0) is 8.81. The Morgan fingerprint density at radius 1 is 1.25 bits per heavy atom. The highest BCUT2D eigenvalue weighted by molar-refractivity contribution is 5.30. The summed E-state index contributed by atoms with van der Waals surface area (Å²) >= 11 is 0. The highest BCUT2D eigenvalue weighted by Gasteiger charge is 1.92. The third kappa shape index (κ3) is 2.55. The number of rotatable bonds is 4. The van der Waals surface area contributed by atoms with E-state index < -0.39 is 0 Å². The van der Waals surface area contributed by atoms with Gasteiger partial charge in [-0.05, 0) is 24.1 Å². The summed E-state index contributed by atoms with van der Waals surface area (Å²) in [5.74, 6) is 0.836. The predicted molar refractivity (Wildman–Crippen MR) is 48.0 cm³/mol. The molecule has 0 fully saturated rings. The fourth-order valence-electron chi connectivity index (χ4n) is 0.883. The average molecular weight is 165 g/mol. The van der Waals surface area contributed by atoms with Gasteiger partial charge in [-0.2, -0.15) is 0 Å². The Bertz CT molecular complexity index is 216. The molecule has 0 unspecified atom stereocenters. The summed E-state index contributed by atoms with van der Waals surface area (Å²) in [5.41, 5.74) is 1.19. The molecule has 0 amide bonds. The minimum Gasteiger partial charge on any atom is -0.468 e. The van der Waals surface area contributed by atoms with Crippen LogP contribution in [0.4, 0.5) is 0 Å². The van der Waals surface area contributed by atoms with Crippen molar-refractivity contribution in [1.29, 1.82) is 0 Å². The molecule has 0 aliphatic carbocycles. The Morgan fingerprint density at radius 3 is 2.42 bits per heavy atom. The quantitative estimate of drug-likeness (QED) is 0.637. The maximum Gasteiger partial charge on any atom is 0.188 e. The summed E-state index contributed by atoms with van der Waals surface area (Å²) in [6.45, 7) is 2.31. The lowest BCUT2D eigenvalue weighted by Gasteiger charge is -2.04. The molecule has 65 valence electrons. The van der Waals surface area contributed by atoms with Crippen molar-refractivity contribution in [2.24, 2.45) is 0 Å². The molecule has 0 aliphatic heterocycles. The lowest BCUT2D eigenvalue weighted by Crippen LogP contribution is -1.98. The largest absolute Gasteiger partial charge is 0.468 e. The lowest BCUT2D eigenvalue weighted by molar-refractivity contribution is 0.0511. The standard InChI is InChI=1S/C10H13O2/c1-3-9-4-6-10(7-5-9)12-8-11-2/h3-7H,8H2,1-2H3. The van der Waals surface area contributed by atoms with E-state index in [2.05, 4.69) is 0 Å². The summed E-state index contributed by atoms with van der Waals surface area (Å²) < 4.78 is 9.99. The fraction of sp³-hybridized carbons (Fsp3) is 0.300. The van der Waals surface area contributed by atoms with Gasteiger partial charge in [-0.25, -0.2) is 0 Å². The van der Waals surface area contributed by atoms with E-state index >= 15 is 0 Å². The van der Waals surface area contributed by atoms with Gasteiger partial charge in [0, 0.05) is 7.11 Å². The van der Waals surface area contributed by atoms with Crippen LogP contribution in [-0.4, -0.2) is 13.9 Å². The molecule has 0 saturated carbocycles. The van der Waals surface area contributed by atoms with Gasteiger partial charge in [0.1, 0.15) is 5.75 Å². The Morgan fingerprint density at radius 2 is 1.92 bits per heavy atom. The Hall–Kier alpha value is -1.02. The second kappa shape index (κ2) is 4.78. The predicted octanol–water partition coefficient (Wildman–Crippen LogP) is 2.24. The lowest BCUT2D eigenvalue weighted by atomic mass is 10.2. The first kappa shape index (κ1) is 9.07. The molecule has 0 N–H and O–H groups in total. The van der Waals surface area contributed by atoms with Crippen LogP contribution in [0.2, 0.25) is 0 Å². The number of benzene rings is 1. The van der Waals surface area contributed by atoms with E-state index in [-0.39, 0.29) is 0 Å². The second-order valence-electron chi connectivity index (χ2n) is 2.41. The van der Waals surface area contributed by atoms with E-state index in [0.29, 0.717) is 6.79 Å². The number of hydrogen-bond acceptors (Lipinski definition) is 2. The minimum absolute atomic E-state index is 0.301. The highest BCUT2D eigenvalue weighted by atomic mass is 16.7. The first-order chi connectivity index (χ1) is 5.86. The van der Waals surface area contributed by atoms with Crippen molar-refractivity contribution in [3.8, 4) is 5.75 Å². The second-order valence-corrected chi connectivity index (χ2v) is 2.41. The molecule has 12 heavy (non-hydrogen) atoms. The van der Waals surface area contributed by atoms with Crippen LogP contribution < -0.4 is 4.74 Å².